The monoisotopic (exact) mass is 350 g/mol. The van der Waals surface area contributed by atoms with Crippen LogP contribution in [0.2, 0.25) is 5.02 Å². The minimum atomic E-state index is 0.0558. The number of carbonyl (C=O) groups excluding carboxylic acids is 1. The zero-order valence-electron chi connectivity index (χ0n) is 13.5. The molecule has 0 saturated carbocycles. The van der Waals surface area contributed by atoms with E-state index in [0.29, 0.717) is 11.4 Å². The smallest absolute Gasteiger partial charge is 0.189 e. The first kappa shape index (κ1) is 15.7. The van der Waals surface area contributed by atoms with Gasteiger partial charge in [0.25, 0.3) is 0 Å². The number of benzene rings is 2. The number of aromatic nitrogens is 2. The van der Waals surface area contributed by atoms with Gasteiger partial charge in [0.05, 0.1) is 18.5 Å². The number of Topliss-reactive ketones (excluding diaryl/α,β-unsaturated/α-hetero) is 1. The molecule has 0 radical (unpaired) electrons. The predicted octanol–water partition coefficient (Wildman–Crippen LogP) is 4.56. The summed E-state index contributed by atoms with van der Waals surface area (Å²) in [5, 5.41) is 7.98. The predicted molar refractivity (Wildman–Crippen MR) is 98.0 cm³/mol. The lowest BCUT2D eigenvalue weighted by molar-refractivity contribution is 0.104. The molecule has 124 valence electrons. The van der Waals surface area contributed by atoms with Crippen molar-refractivity contribution in [1.29, 1.82) is 0 Å². The maximum atomic E-state index is 12.6. The van der Waals surface area contributed by atoms with Crippen molar-refractivity contribution < 1.29 is 9.53 Å². The van der Waals surface area contributed by atoms with Crippen LogP contribution in [0.1, 0.15) is 21.6 Å². The van der Waals surface area contributed by atoms with Gasteiger partial charge in [0.2, 0.25) is 0 Å². The molecule has 0 fully saturated rings. The Labute approximate surface area is 150 Å². The molecular weight excluding hydrogens is 336 g/mol. The summed E-state index contributed by atoms with van der Waals surface area (Å²) in [6, 6.07) is 15.0. The van der Waals surface area contributed by atoms with Gasteiger partial charge < -0.3 is 4.74 Å². The number of aromatic amines is 1. The topological polar surface area (TPSA) is 55.0 Å². The van der Waals surface area contributed by atoms with Gasteiger partial charge >= 0.3 is 0 Å². The highest BCUT2D eigenvalue weighted by atomic mass is 35.5. The fraction of sp³-hybridized carbons (Fsp3) is 0.100. The number of ether oxygens (including phenoxy) is 1. The van der Waals surface area contributed by atoms with Gasteiger partial charge in [-0.05, 0) is 48.0 Å². The van der Waals surface area contributed by atoms with Crippen LogP contribution < -0.4 is 4.74 Å². The molecular formula is C20H15ClN2O2. The van der Waals surface area contributed by atoms with Crippen molar-refractivity contribution in [2.45, 2.75) is 6.42 Å². The summed E-state index contributed by atoms with van der Waals surface area (Å²) in [4.78, 5) is 12.6. The van der Waals surface area contributed by atoms with Crippen molar-refractivity contribution in [3.8, 4) is 17.0 Å². The zero-order valence-corrected chi connectivity index (χ0v) is 14.3. The molecule has 0 amide bonds. The quantitative estimate of drug-likeness (QED) is 0.704. The number of rotatable bonds is 3. The lowest BCUT2D eigenvalue weighted by atomic mass is 10.1. The van der Waals surface area contributed by atoms with Gasteiger partial charge in [-0.15, -0.1) is 0 Å². The van der Waals surface area contributed by atoms with Crippen LogP contribution in [0.3, 0.4) is 0 Å². The van der Waals surface area contributed by atoms with E-state index in [1.54, 1.807) is 7.11 Å². The molecule has 0 aliphatic heterocycles. The van der Waals surface area contributed by atoms with Crippen LogP contribution in [-0.2, 0) is 6.42 Å². The molecule has 25 heavy (non-hydrogen) atoms. The molecule has 0 atom stereocenters. The minimum absolute atomic E-state index is 0.0558. The molecule has 5 heteroatoms. The Morgan fingerprint density at radius 2 is 1.96 bits per heavy atom. The van der Waals surface area contributed by atoms with E-state index >= 15 is 0 Å². The largest absolute Gasteiger partial charge is 0.497 e. The van der Waals surface area contributed by atoms with E-state index in [9.17, 15) is 4.79 Å². The number of carbonyl (C=O) groups is 1. The number of hydrogen-bond donors (Lipinski definition) is 1. The van der Waals surface area contributed by atoms with Crippen molar-refractivity contribution in [1.82, 2.24) is 10.2 Å². The number of fused-ring (bicyclic) bond motifs is 1. The van der Waals surface area contributed by atoms with E-state index in [-0.39, 0.29) is 5.78 Å². The number of allylic oxidation sites excluding steroid dienone is 1. The Morgan fingerprint density at radius 3 is 2.72 bits per heavy atom. The average Bonchev–Trinajstić information content (AvgIpc) is 3.21. The lowest BCUT2D eigenvalue weighted by Crippen LogP contribution is -1.95. The van der Waals surface area contributed by atoms with E-state index in [4.69, 9.17) is 16.3 Å². The van der Waals surface area contributed by atoms with E-state index < -0.39 is 0 Å². The third-order valence-corrected chi connectivity index (χ3v) is 4.55. The van der Waals surface area contributed by atoms with Gasteiger partial charge in [0.1, 0.15) is 5.75 Å². The Kier molecular flexibility index (Phi) is 3.90. The number of nitrogens with zero attached hydrogens (tertiary/aromatic N) is 1. The van der Waals surface area contributed by atoms with Crippen LogP contribution in [0.15, 0.2) is 54.1 Å². The molecule has 1 aliphatic carbocycles. The minimum Gasteiger partial charge on any atom is -0.497 e. The second kappa shape index (κ2) is 6.22. The molecule has 0 spiro atoms. The number of nitrogens with one attached hydrogen (secondary N) is 1. The SMILES string of the molecule is COc1ccc2c(c1)CC(=Cc1cc(-c3ccc(Cl)cc3)n[nH]1)C2=O. The molecule has 2 aromatic carbocycles. The van der Waals surface area contributed by atoms with Crippen LogP contribution in [0, 0.1) is 0 Å². The number of H-pyrrole nitrogens is 1. The van der Waals surface area contributed by atoms with E-state index in [2.05, 4.69) is 10.2 Å². The van der Waals surface area contributed by atoms with Gasteiger partial charge in [-0.25, -0.2) is 0 Å². The average molecular weight is 351 g/mol. The van der Waals surface area contributed by atoms with Gasteiger partial charge in [-0.2, -0.15) is 5.10 Å². The van der Waals surface area contributed by atoms with E-state index in [1.807, 2.05) is 54.6 Å². The Bertz CT molecular complexity index is 987. The number of methoxy groups -OCH3 is 1. The lowest BCUT2D eigenvalue weighted by Gasteiger charge is -2.01. The first-order chi connectivity index (χ1) is 12.1. The Morgan fingerprint density at radius 1 is 1.16 bits per heavy atom. The third kappa shape index (κ3) is 2.96. The van der Waals surface area contributed by atoms with E-state index in [1.165, 1.54) is 0 Å². The second-order valence-electron chi connectivity index (χ2n) is 5.91. The van der Waals surface area contributed by atoms with Crippen molar-refractivity contribution in [2.75, 3.05) is 7.11 Å². The molecule has 1 N–H and O–H groups in total. The molecule has 0 bridgehead atoms. The number of halogens is 1. The van der Waals surface area contributed by atoms with Crippen molar-refractivity contribution in [3.63, 3.8) is 0 Å². The van der Waals surface area contributed by atoms with Crippen LogP contribution in [0.25, 0.3) is 17.3 Å². The summed E-state index contributed by atoms with van der Waals surface area (Å²) >= 11 is 5.92. The number of ketones is 1. The zero-order chi connectivity index (χ0) is 17.4. The van der Waals surface area contributed by atoms with Gasteiger partial charge in [-0.3, -0.25) is 9.89 Å². The van der Waals surface area contributed by atoms with Crippen LogP contribution in [0.4, 0.5) is 0 Å². The Balaban J connectivity index is 1.62. The summed E-state index contributed by atoms with van der Waals surface area (Å²) in [6.45, 7) is 0. The highest BCUT2D eigenvalue weighted by Crippen LogP contribution is 2.31. The summed E-state index contributed by atoms with van der Waals surface area (Å²) in [5.41, 5.74) is 5.06. The summed E-state index contributed by atoms with van der Waals surface area (Å²) in [7, 11) is 1.62. The molecule has 4 nitrogen and oxygen atoms in total. The normalized spacial score (nSPS) is 14.8. The van der Waals surface area contributed by atoms with Gasteiger partial charge in [0.15, 0.2) is 5.78 Å². The fourth-order valence-corrected chi connectivity index (χ4v) is 3.13. The van der Waals surface area contributed by atoms with Crippen LogP contribution >= 0.6 is 11.6 Å². The first-order valence-electron chi connectivity index (χ1n) is 7.87. The molecule has 3 aromatic rings. The molecule has 1 heterocycles. The van der Waals surface area contributed by atoms with Gasteiger partial charge in [-0.1, -0.05) is 23.7 Å². The van der Waals surface area contributed by atoms with Crippen LogP contribution in [0.5, 0.6) is 5.75 Å². The third-order valence-electron chi connectivity index (χ3n) is 4.30. The van der Waals surface area contributed by atoms with Crippen molar-refractivity contribution in [3.05, 3.63) is 75.9 Å². The fourth-order valence-electron chi connectivity index (χ4n) is 3.01. The van der Waals surface area contributed by atoms with Crippen molar-refractivity contribution >= 4 is 23.5 Å². The molecule has 0 unspecified atom stereocenters. The summed E-state index contributed by atoms with van der Waals surface area (Å²) in [5.74, 6) is 0.819. The molecule has 1 aromatic heterocycles. The molecule has 4 rings (SSSR count). The van der Waals surface area contributed by atoms with E-state index in [0.717, 1.165) is 39.4 Å². The standard InChI is InChI=1S/C20H15ClN2O2/c1-25-17-6-7-18-13(10-17)8-14(20(18)24)9-16-11-19(23-22-16)12-2-4-15(21)5-3-12/h2-7,9-11H,8H2,1H3,(H,22,23). The molecule has 1 aliphatic rings. The highest BCUT2D eigenvalue weighted by Gasteiger charge is 2.25. The second-order valence-corrected chi connectivity index (χ2v) is 6.35. The first-order valence-corrected chi connectivity index (χ1v) is 8.25. The number of hydrogen-bond acceptors (Lipinski definition) is 3. The highest BCUT2D eigenvalue weighted by molar-refractivity contribution is 6.30. The maximum absolute atomic E-state index is 12.6. The van der Waals surface area contributed by atoms with Crippen LogP contribution in [-0.4, -0.2) is 23.1 Å². The Hall–Kier alpha value is -2.85. The van der Waals surface area contributed by atoms with Gasteiger partial charge in [0, 0.05) is 28.1 Å². The summed E-state index contributed by atoms with van der Waals surface area (Å²) < 4.78 is 5.23. The van der Waals surface area contributed by atoms with Crippen molar-refractivity contribution in [2.24, 2.45) is 0 Å². The molecule has 0 saturated heterocycles. The summed E-state index contributed by atoms with van der Waals surface area (Å²) in [6.07, 6.45) is 2.46. The maximum Gasteiger partial charge on any atom is 0.189 e.